The number of nitrogens with one attached hydrogen (secondary N) is 1. The van der Waals surface area contributed by atoms with Gasteiger partial charge >= 0.3 is 49.0 Å². The van der Waals surface area contributed by atoms with E-state index in [1.807, 2.05) is 17.0 Å². The predicted molar refractivity (Wildman–Crippen MR) is 254 cm³/mol. The van der Waals surface area contributed by atoms with Crippen molar-refractivity contribution in [1.29, 1.82) is 0 Å². The average Bonchev–Trinajstić information content (AvgIpc) is 0.836. The molecule has 4 saturated heterocycles. The third-order valence-corrected chi connectivity index (χ3v) is 10.4. The number of carboxylic acids is 1. The van der Waals surface area contributed by atoms with E-state index in [2.05, 4.69) is 53.0 Å². The number of benzene rings is 2. The van der Waals surface area contributed by atoms with Crippen LogP contribution in [-0.2, 0) is 20.8 Å². The van der Waals surface area contributed by atoms with E-state index in [1.54, 1.807) is 19.1 Å². The highest BCUT2D eigenvalue weighted by Gasteiger charge is 2.61. The van der Waals surface area contributed by atoms with Crippen LogP contribution in [0.25, 0.3) is 0 Å². The van der Waals surface area contributed by atoms with Crippen LogP contribution in [0.5, 0.6) is 0 Å². The van der Waals surface area contributed by atoms with Crippen LogP contribution in [-0.4, -0.2) is 190 Å². The number of hydrogen-bond donors (Lipinski definition) is 2. The van der Waals surface area contributed by atoms with Crippen molar-refractivity contribution in [2.24, 2.45) is 0 Å². The fourth-order valence-corrected chi connectivity index (χ4v) is 6.60. The maximum absolute atomic E-state index is 13.0. The number of alkyl halides is 15. The molecule has 0 atom stereocenters. The Balaban J connectivity index is 0.000000463. The summed E-state index contributed by atoms with van der Waals surface area (Å²) in [5.74, 6) is -2.76. The van der Waals surface area contributed by atoms with Gasteiger partial charge in [-0.05, 0) is 94.1 Å². The second kappa shape index (κ2) is 30.6. The molecule has 2 aromatic rings. The van der Waals surface area contributed by atoms with Gasteiger partial charge in [0.05, 0.1) is 11.0 Å². The molecule has 6 rings (SSSR count). The molecular weight excluding hydrogens is 1070 g/mol. The first-order valence-electron chi connectivity index (χ1n) is 30.7. The molecule has 0 aliphatic carbocycles. The molecule has 0 radical (unpaired) electrons. The van der Waals surface area contributed by atoms with Crippen LogP contribution in [0, 0.1) is 13.8 Å². The van der Waals surface area contributed by atoms with Crippen molar-refractivity contribution in [3.8, 4) is 0 Å². The summed E-state index contributed by atoms with van der Waals surface area (Å²) in [6.45, 7) is -13.9. The van der Waals surface area contributed by atoms with Gasteiger partial charge < -0.3 is 44.4 Å². The summed E-state index contributed by atoms with van der Waals surface area (Å²) in [5, 5.41) is 8.36. The standard InChI is InChI=1S/C20H25F6N3O2.C12H15NO.C8H10F6N2O2.C6H15N.C2HF3O2/c1-14-4-5-15(16(12-14)28-6-2-3-7-28)13-27-8-10-29(11-9-27)18(30)31-17(19(21,22)23)20(24,25)26;1-10-4-5-11(9-14)12(8-10)13-6-2-3-7-13;9-7(10,11)5(8(12,13)14)18-6(17)16-3-1-15-2-4-16;1-4-7(5-2)6-3;3-2(4,5)1(6)7/h4-5,12,17H,2-3,6-11,13H2,1H3;4-5,8-9H,2-3,6-7H2,1H3;5,15H,1-4H2;4-6H2,1-3H3;(H,6,7)/i8D2,9D2,10D2,11D2;;1D2,2D2,3D2,4D2;;. The first kappa shape index (κ1) is 45.4. The lowest BCUT2D eigenvalue weighted by Gasteiger charge is -2.36. The molecule has 0 aromatic heterocycles. The number of carbonyl (C=O) groups is 4. The van der Waals surface area contributed by atoms with E-state index in [0.717, 1.165) is 49.0 Å². The number of carbonyl (C=O) groups excluding carboxylic acids is 3. The van der Waals surface area contributed by atoms with Gasteiger partial charge in [-0.3, -0.25) is 9.69 Å². The Morgan fingerprint density at radius 2 is 0.987 bits per heavy atom. The number of rotatable bonds is 10. The smallest absolute Gasteiger partial charge is 0.475 e. The van der Waals surface area contributed by atoms with Gasteiger partial charge in [-0.15, -0.1) is 0 Å². The number of carboxylic acid groups (broad SMARTS) is 1. The van der Waals surface area contributed by atoms with Gasteiger partial charge in [-0.1, -0.05) is 39.0 Å². The minimum Gasteiger partial charge on any atom is -0.475 e. The van der Waals surface area contributed by atoms with Gasteiger partial charge in [0.25, 0.3) is 12.2 Å². The molecule has 4 heterocycles. The molecule has 77 heavy (non-hydrogen) atoms. The summed E-state index contributed by atoms with van der Waals surface area (Å²) in [4.78, 5) is 48.6. The van der Waals surface area contributed by atoms with Crippen LogP contribution in [0.2, 0.25) is 0 Å². The topological polar surface area (TPSA) is 138 Å². The van der Waals surface area contributed by atoms with Crippen LogP contribution in [0.15, 0.2) is 36.4 Å². The van der Waals surface area contributed by atoms with E-state index in [-0.39, 0.29) is 10.5 Å². The van der Waals surface area contributed by atoms with Crippen LogP contribution < -0.4 is 15.1 Å². The van der Waals surface area contributed by atoms with E-state index < -0.39 is 130 Å². The van der Waals surface area contributed by atoms with Gasteiger partial charge in [0, 0.05) is 113 Å². The van der Waals surface area contributed by atoms with E-state index in [9.17, 15) is 80.2 Å². The third kappa shape index (κ3) is 23.6. The van der Waals surface area contributed by atoms with Gasteiger partial charge in [-0.25, -0.2) is 14.4 Å². The molecule has 4 fully saturated rings. The normalized spacial score (nSPS) is 24.9. The Hall–Kier alpha value is -5.45. The summed E-state index contributed by atoms with van der Waals surface area (Å²) in [7, 11) is 0. The highest BCUT2D eigenvalue weighted by atomic mass is 19.4. The van der Waals surface area contributed by atoms with E-state index in [0.29, 0.717) is 18.8 Å². The highest BCUT2D eigenvalue weighted by Crippen LogP contribution is 2.38. The Kier molecular flexibility index (Phi) is 18.1. The largest absolute Gasteiger partial charge is 0.490 e. The average molecular weight is 1150 g/mol. The molecule has 2 amide bonds. The summed E-state index contributed by atoms with van der Waals surface area (Å²) in [5.41, 5.74) is 4.73. The zero-order valence-electron chi connectivity index (χ0n) is 57.4. The van der Waals surface area contributed by atoms with Crippen molar-refractivity contribution in [3.05, 3.63) is 58.7 Å². The molecule has 29 heteroatoms. The van der Waals surface area contributed by atoms with E-state index >= 15 is 0 Å². The van der Waals surface area contributed by atoms with Crippen LogP contribution in [0.4, 0.5) is 86.8 Å². The van der Waals surface area contributed by atoms with Crippen molar-refractivity contribution < 1.29 is 122 Å². The lowest BCUT2D eigenvalue weighted by atomic mass is 10.1. The summed E-state index contributed by atoms with van der Waals surface area (Å²) in [6, 6.07) is 10.8. The number of anilines is 2. The highest BCUT2D eigenvalue weighted by molar-refractivity contribution is 5.85. The monoisotopic (exact) mass is 1150 g/mol. The number of nitrogens with zero attached hydrogens (tertiary/aromatic N) is 6. The van der Waals surface area contributed by atoms with Crippen molar-refractivity contribution in [3.63, 3.8) is 0 Å². The Morgan fingerprint density at radius 1 is 0.623 bits per heavy atom. The van der Waals surface area contributed by atoms with Gasteiger partial charge in [0.15, 0.2) is 6.29 Å². The minimum atomic E-state index is -6.23. The molecular formula is C48H66F15N7O7. The number of aldehydes is 1. The van der Waals surface area contributed by atoms with E-state index in [4.69, 9.17) is 31.8 Å². The number of halogens is 15. The summed E-state index contributed by atoms with van der Waals surface area (Å²) >= 11 is 0. The molecule has 0 bridgehead atoms. The molecule has 4 aliphatic rings. The summed E-state index contributed by atoms with van der Waals surface area (Å²) < 4.78 is 316. The number of aliphatic carboxylic acids is 1. The zero-order chi connectivity index (χ0) is 72.9. The van der Waals surface area contributed by atoms with Crippen LogP contribution >= 0.6 is 0 Å². The van der Waals surface area contributed by atoms with Gasteiger partial charge in [-0.2, -0.15) is 65.9 Å². The van der Waals surface area contributed by atoms with Gasteiger partial charge in [0.1, 0.15) is 0 Å². The lowest BCUT2D eigenvalue weighted by molar-refractivity contribution is -0.309. The number of amides is 2. The molecule has 2 N–H and O–H groups in total. The predicted octanol–water partition coefficient (Wildman–Crippen LogP) is 10.3. The number of hydrogen-bond acceptors (Lipinski definition) is 11. The second-order valence-electron chi connectivity index (χ2n) is 16.1. The lowest BCUT2D eigenvalue weighted by Crippen LogP contribution is -2.52. The zero-order valence-corrected chi connectivity index (χ0v) is 41.4. The van der Waals surface area contributed by atoms with Crippen LogP contribution in [0.3, 0.4) is 0 Å². The Labute approximate surface area is 458 Å². The van der Waals surface area contributed by atoms with Crippen molar-refractivity contribution in [2.45, 2.75) is 110 Å². The first-order chi connectivity index (χ1) is 41.7. The molecule has 0 spiro atoms. The van der Waals surface area contributed by atoms with Crippen molar-refractivity contribution in [1.82, 2.24) is 24.9 Å². The molecule has 4 aliphatic heterocycles. The molecule has 2 aromatic carbocycles. The molecule has 0 saturated carbocycles. The van der Waals surface area contributed by atoms with Crippen LogP contribution in [0.1, 0.15) is 95.4 Å². The minimum absolute atomic E-state index is 0.124. The molecule has 440 valence electrons. The quantitative estimate of drug-likeness (QED) is 0.173. The maximum atomic E-state index is 13.0. The maximum Gasteiger partial charge on any atom is 0.490 e. The number of aryl methyl sites for hydroxylation is 2. The number of ether oxygens (including phenoxy) is 2. The SMILES string of the molecule is CCN(CC)CC.Cc1ccc(C=O)c(N2CCCC2)c1.O=C(O)C(F)(F)F.[2H]C1([2H])N(Cc2ccc(C)cc2N2CCCC2)C([2H])([2H])C([2H])([2H])N(C(=O)OC(C(F)(F)F)C(F)(F)F)C1([2H])[2H].[2H]C1([2H])NC([2H])([2H])C([2H])([2H])N(C(=O)OC(C(F)(F)F)C(F)(F)F)C1([2H])[2H]. The van der Waals surface area contributed by atoms with E-state index in [1.165, 1.54) is 49.4 Å². The van der Waals surface area contributed by atoms with Gasteiger partial charge in [0.2, 0.25) is 0 Å². The third-order valence-electron chi connectivity index (χ3n) is 10.4. The fourth-order valence-electron chi connectivity index (χ4n) is 6.60. The Bertz CT molecular complexity index is 2780. The van der Waals surface area contributed by atoms with Crippen molar-refractivity contribution in [2.75, 3.05) is 108 Å². The van der Waals surface area contributed by atoms with Crippen molar-refractivity contribution >= 4 is 35.8 Å². The number of piperazine rings is 2. The Morgan fingerprint density at radius 3 is 1.34 bits per heavy atom. The first-order valence-corrected chi connectivity index (χ1v) is 22.7. The summed E-state index contributed by atoms with van der Waals surface area (Å²) in [6.07, 6.45) is -40.2. The second-order valence-corrected chi connectivity index (χ2v) is 16.1. The molecule has 14 nitrogen and oxygen atoms in total. The fraction of sp³-hybridized carbons (Fsp3) is 0.667. The molecule has 0 unspecified atom stereocenters.